The second kappa shape index (κ2) is 7.08. The molecular formula is C14H20N2O5S. The monoisotopic (exact) mass is 328 g/mol. The molecule has 1 atom stereocenters. The van der Waals surface area contributed by atoms with E-state index in [0.717, 1.165) is 5.56 Å². The summed E-state index contributed by atoms with van der Waals surface area (Å²) >= 11 is 0. The molecule has 2 N–H and O–H groups in total. The number of hydrogen-bond donors (Lipinski definition) is 2. The second-order valence-electron chi connectivity index (χ2n) is 5.16. The van der Waals surface area contributed by atoms with Crippen molar-refractivity contribution in [2.24, 2.45) is 0 Å². The topological polar surface area (TPSA) is 95.9 Å². The molecule has 0 aromatic heterocycles. The summed E-state index contributed by atoms with van der Waals surface area (Å²) in [6.07, 6.45) is 1.39. The molecule has 0 saturated carbocycles. The van der Waals surface area contributed by atoms with Gasteiger partial charge < -0.3 is 4.74 Å². The van der Waals surface area contributed by atoms with Crippen molar-refractivity contribution in [3.05, 3.63) is 29.8 Å². The number of sulfonamides is 1. The molecule has 7 nitrogen and oxygen atoms in total. The van der Waals surface area contributed by atoms with Crippen LogP contribution in [0.1, 0.15) is 18.4 Å². The molecule has 1 aliphatic heterocycles. The minimum atomic E-state index is -3.55. The lowest BCUT2D eigenvalue weighted by Gasteiger charge is -2.22. The molecule has 0 unspecified atom stereocenters. The largest absolute Gasteiger partial charge is 0.497 e. The lowest BCUT2D eigenvalue weighted by molar-refractivity contribution is -0.132. The predicted octanol–water partition coefficient (Wildman–Crippen LogP) is 0.537. The van der Waals surface area contributed by atoms with E-state index in [1.165, 1.54) is 9.79 Å². The third-order valence-corrected chi connectivity index (χ3v) is 5.65. The molecule has 22 heavy (non-hydrogen) atoms. The Kier molecular flexibility index (Phi) is 5.38. The van der Waals surface area contributed by atoms with E-state index in [2.05, 4.69) is 0 Å². The molecule has 2 rings (SSSR count). The summed E-state index contributed by atoms with van der Waals surface area (Å²) < 4.78 is 31.0. The summed E-state index contributed by atoms with van der Waals surface area (Å²) in [5.41, 5.74) is 2.42. The van der Waals surface area contributed by atoms with Crippen LogP contribution in [0.5, 0.6) is 5.75 Å². The molecule has 1 heterocycles. The Hall–Kier alpha value is -1.64. The van der Waals surface area contributed by atoms with Crippen molar-refractivity contribution in [1.29, 1.82) is 0 Å². The van der Waals surface area contributed by atoms with Gasteiger partial charge in [0.1, 0.15) is 11.8 Å². The van der Waals surface area contributed by atoms with Gasteiger partial charge in [0, 0.05) is 6.54 Å². The van der Waals surface area contributed by atoms with Gasteiger partial charge in [-0.3, -0.25) is 10.0 Å². The number of hydroxylamine groups is 1. The molecule has 1 amide bonds. The zero-order chi connectivity index (χ0) is 16.2. The summed E-state index contributed by atoms with van der Waals surface area (Å²) in [6.45, 7) is 0.309. The van der Waals surface area contributed by atoms with E-state index in [9.17, 15) is 13.2 Å². The molecule has 1 fully saturated rings. The number of amides is 1. The molecule has 1 aromatic carbocycles. The van der Waals surface area contributed by atoms with Gasteiger partial charge in [-0.2, -0.15) is 4.31 Å². The number of methoxy groups -OCH3 is 1. The number of rotatable bonds is 6. The van der Waals surface area contributed by atoms with E-state index in [-0.39, 0.29) is 5.75 Å². The zero-order valence-corrected chi connectivity index (χ0v) is 13.2. The number of ether oxygens (including phenoxy) is 1. The lowest BCUT2D eigenvalue weighted by Crippen LogP contribution is -2.46. The first-order valence-corrected chi connectivity index (χ1v) is 8.65. The number of carbonyl (C=O) groups excluding carboxylic acids is 1. The molecule has 122 valence electrons. The summed E-state index contributed by atoms with van der Waals surface area (Å²) in [4.78, 5) is 11.5. The summed E-state index contributed by atoms with van der Waals surface area (Å²) in [5.74, 6) is -0.0366. The second-order valence-corrected chi connectivity index (χ2v) is 7.20. The first kappa shape index (κ1) is 16.7. The highest BCUT2D eigenvalue weighted by molar-refractivity contribution is 7.89. The molecular weight excluding hydrogens is 308 g/mol. The van der Waals surface area contributed by atoms with Crippen molar-refractivity contribution in [3.63, 3.8) is 0 Å². The molecule has 0 spiro atoms. The van der Waals surface area contributed by atoms with Gasteiger partial charge in [0.25, 0.3) is 5.91 Å². The van der Waals surface area contributed by atoms with E-state index < -0.39 is 22.0 Å². The van der Waals surface area contributed by atoms with Crippen LogP contribution in [-0.4, -0.2) is 49.3 Å². The minimum absolute atomic E-state index is 0.0749. The van der Waals surface area contributed by atoms with E-state index in [0.29, 0.717) is 31.6 Å². The molecule has 1 aliphatic rings. The van der Waals surface area contributed by atoms with Crippen LogP contribution in [0.15, 0.2) is 24.3 Å². The van der Waals surface area contributed by atoms with Crippen LogP contribution < -0.4 is 10.2 Å². The lowest BCUT2D eigenvalue weighted by atomic mass is 10.2. The average Bonchev–Trinajstić information content (AvgIpc) is 3.03. The van der Waals surface area contributed by atoms with Gasteiger partial charge >= 0.3 is 0 Å². The number of aryl methyl sites for hydroxylation is 1. The Labute approximate surface area is 129 Å². The van der Waals surface area contributed by atoms with Crippen LogP contribution in [-0.2, 0) is 21.2 Å². The third-order valence-electron chi connectivity index (χ3n) is 3.78. The highest BCUT2D eigenvalue weighted by Crippen LogP contribution is 2.22. The van der Waals surface area contributed by atoms with E-state index in [1.54, 1.807) is 19.2 Å². The maximum absolute atomic E-state index is 12.4. The van der Waals surface area contributed by atoms with Crippen molar-refractivity contribution in [2.75, 3.05) is 19.4 Å². The Balaban J connectivity index is 2.02. The van der Waals surface area contributed by atoms with Crippen LogP contribution in [0, 0.1) is 0 Å². The van der Waals surface area contributed by atoms with Crippen LogP contribution in [0.2, 0.25) is 0 Å². The molecule has 8 heteroatoms. The van der Waals surface area contributed by atoms with Gasteiger partial charge in [-0.05, 0) is 37.0 Å². The third kappa shape index (κ3) is 3.76. The van der Waals surface area contributed by atoms with Crippen molar-refractivity contribution < 1.29 is 23.2 Å². The van der Waals surface area contributed by atoms with Crippen LogP contribution in [0.3, 0.4) is 0 Å². The van der Waals surface area contributed by atoms with Gasteiger partial charge in [0.05, 0.1) is 12.9 Å². The predicted molar refractivity (Wildman–Crippen MR) is 80.1 cm³/mol. The fraction of sp³-hybridized carbons (Fsp3) is 0.500. The van der Waals surface area contributed by atoms with Gasteiger partial charge in [0.2, 0.25) is 10.0 Å². The van der Waals surface area contributed by atoms with E-state index in [4.69, 9.17) is 9.94 Å². The standard InChI is InChI=1S/C14H20N2O5S/c1-21-12-6-4-11(5-7-12)8-10-22(19,20)16-9-2-3-13(16)14(17)15-18/h4-7,13,18H,2-3,8-10H2,1H3,(H,15,17)/t13-/m1/s1. The summed E-state index contributed by atoms with van der Waals surface area (Å²) in [7, 11) is -1.98. The first-order chi connectivity index (χ1) is 10.5. The highest BCUT2D eigenvalue weighted by atomic mass is 32.2. The van der Waals surface area contributed by atoms with Crippen LogP contribution in [0.25, 0.3) is 0 Å². The molecule has 0 radical (unpaired) electrons. The normalized spacial score (nSPS) is 19.1. The molecule has 1 saturated heterocycles. The van der Waals surface area contributed by atoms with E-state index in [1.807, 2.05) is 12.1 Å². The zero-order valence-electron chi connectivity index (χ0n) is 12.4. The fourth-order valence-corrected chi connectivity index (χ4v) is 4.29. The summed E-state index contributed by atoms with van der Waals surface area (Å²) in [5, 5.41) is 8.70. The maximum atomic E-state index is 12.4. The number of hydrogen-bond acceptors (Lipinski definition) is 5. The molecule has 1 aromatic rings. The smallest absolute Gasteiger partial charge is 0.261 e. The summed E-state index contributed by atoms with van der Waals surface area (Å²) in [6, 6.07) is 6.37. The van der Waals surface area contributed by atoms with Crippen molar-refractivity contribution in [3.8, 4) is 5.75 Å². The van der Waals surface area contributed by atoms with Gasteiger partial charge in [-0.25, -0.2) is 13.9 Å². The van der Waals surface area contributed by atoms with Crippen molar-refractivity contribution >= 4 is 15.9 Å². The highest BCUT2D eigenvalue weighted by Gasteiger charge is 2.38. The quantitative estimate of drug-likeness (QED) is 0.587. The Bertz CT molecular complexity index is 615. The van der Waals surface area contributed by atoms with Gasteiger partial charge in [-0.1, -0.05) is 12.1 Å². The van der Waals surface area contributed by atoms with Crippen LogP contribution >= 0.6 is 0 Å². The minimum Gasteiger partial charge on any atom is -0.497 e. The Morgan fingerprint density at radius 1 is 1.41 bits per heavy atom. The van der Waals surface area contributed by atoms with Gasteiger partial charge in [-0.15, -0.1) is 0 Å². The number of nitrogens with one attached hydrogen (secondary N) is 1. The number of carbonyl (C=O) groups is 1. The SMILES string of the molecule is COc1ccc(CCS(=O)(=O)N2CCC[C@@H]2C(=O)NO)cc1. The molecule has 0 aliphatic carbocycles. The van der Waals surface area contributed by atoms with Crippen molar-refractivity contribution in [2.45, 2.75) is 25.3 Å². The average molecular weight is 328 g/mol. The Morgan fingerprint density at radius 3 is 2.68 bits per heavy atom. The first-order valence-electron chi connectivity index (χ1n) is 7.04. The van der Waals surface area contributed by atoms with Gasteiger partial charge in [0.15, 0.2) is 0 Å². The van der Waals surface area contributed by atoms with Crippen LogP contribution in [0.4, 0.5) is 0 Å². The van der Waals surface area contributed by atoms with E-state index >= 15 is 0 Å². The molecule has 0 bridgehead atoms. The number of benzene rings is 1. The van der Waals surface area contributed by atoms with Crippen molar-refractivity contribution in [1.82, 2.24) is 9.79 Å². The Morgan fingerprint density at radius 2 is 2.09 bits per heavy atom. The number of nitrogens with zero attached hydrogens (tertiary/aromatic N) is 1. The fourth-order valence-electron chi connectivity index (χ4n) is 2.57. The maximum Gasteiger partial charge on any atom is 0.261 e.